The van der Waals surface area contributed by atoms with E-state index in [1.165, 1.54) is 36.4 Å². The van der Waals surface area contributed by atoms with Crippen LogP contribution in [0.15, 0.2) is 24.5 Å². The van der Waals surface area contributed by atoms with Gasteiger partial charge in [0, 0.05) is 12.5 Å². The highest BCUT2D eigenvalue weighted by molar-refractivity contribution is 5.92. The van der Waals surface area contributed by atoms with Gasteiger partial charge in [-0.1, -0.05) is 45.4 Å². The number of carbonyl (C=O) groups excluding carboxylic acids is 2. The first-order chi connectivity index (χ1) is 13.9. The summed E-state index contributed by atoms with van der Waals surface area (Å²) in [5, 5.41) is 20.5. The van der Waals surface area contributed by atoms with Crippen LogP contribution in [-0.2, 0) is 14.3 Å². The second-order valence-electron chi connectivity index (χ2n) is 7.50. The van der Waals surface area contributed by atoms with Crippen molar-refractivity contribution in [3.63, 3.8) is 0 Å². The van der Waals surface area contributed by atoms with Crippen LogP contribution in [0, 0.1) is 0 Å². The lowest BCUT2D eigenvalue weighted by Gasteiger charge is -2.13. The van der Waals surface area contributed by atoms with Crippen molar-refractivity contribution in [3.05, 3.63) is 30.1 Å². The van der Waals surface area contributed by atoms with Gasteiger partial charge in [-0.3, -0.25) is 9.59 Å². The zero-order valence-corrected chi connectivity index (χ0v) is 17.0. The number of carbonyl (C=O) groups is 2. The Morgan fingerprint density at radius 2 is 1.83 bits per heavy atom. The van der Waals surface area contributed by atoms with E-state index in [1.807, 2.05) is 0 Å². The van der Waals surface area contributed by atoms with Gasteiger partial charge in [-0.2, -0.15) is 4.57 Å². The number of hydrogen-bond acceptors (Lipinski definition) is 6. The van der Waals surface area contributed by atoms with Crippen molar-refractivity contribution in [2.75, 3.05) is 6.61 Å². The van der Waals surface area contributed by atoms with Crippen LogP contribution in [-0.4, -0.2) is 47.0 Å². The van der Waals surface area contributed by atoms with Crippen LogP contribution in [0.2, 0.25) is 0 Å². The zero-order chi connectivity index (χ0) is 21.2. The van der Waals surface area contributed by atoms with E-state index in [0.29, 0.717) is 6.42 Å². The number of aromatic nitrogens is 1. The Morgan fingerprint density at radius 1 is 1.14 bits per heavy atom. The van der Waals surface area contributed by atoms with Gasteiger partial charge < -0.3 is 25.4 Å². The van der Waals surface area contributed by atoms with Crippen LogP contribution < -0.4 is 10.3 Å². The number of esters is 1. The van der Waals surface area contributed by atoms with Crippen molar-refractivity contribution < 1.29 is 33.8 Å². The summed E-state index contributed by atoms with van der Waals surface area (Å²) in [4.78, 5) is 23.2. The number of ether oxygens (including phenoxy) is 2. The minimum atomic E-state index is -1.23. The van der Waals surface area contributed by atoms with Crippen molar-refractivity contribution >= 4 is 11.9 Å². The molecule has 1 saturated heterocycles. The van der Waals surface area contributed by atoms with E-state index in [-0.39, 0.29) is 18.1 Å². The van der Waals surface area contributed by atoms with Gasteiger partial charge in [-0.25, -0.2) is 0 Å². The third kappa shape index (κ3) is 7.06. The van der Waals surface area contributed by atoms with Crippen LogP contribution in [0.3, 0.4) is 0 Å². The third-order valence-electron chi connectivity index (χ3n) is 5.13. The average molecular weight is 410 g/mol. The molecule has 162 valence electrons. The molecule has 2 rings (SSSR count). The third-order valence-corrected chi connectivity index (χ3v) is 5.13. The summed E-state index contributed by atoms with van der Waals surface area (Å²) in [6, 6.07) is 3.14. The molecule has 8 heteroatoms. The van der Waals surface area contributed by atoms with Crippen molar-refractivity contribution in [2.24, 2.45) is 5.73 Å². The largest absolute Gasteiger partial charge is 0.463 e. The Bertz CT molecular complexity index is 668. The maximum absolute atomic E-state index is 11.9. The standard InChI is InChI=1S/C21H32N2O6/c1-2-3-4-5-6-7-8-11-17(24)28-14-16-18(25)19(26)21(29-16)23-12-9-10-15(13-23)20(22)27/h9-10,12-13,16,18-19,21,25-26H,2-8,11,14H2,1H3,(H-,22,27)/p+1/t16?,18-,19-,21-/m1/s1. The number of aliphatic hydroxyl groups is 2. The summed E-state index contributed by atoms with van der Waals surface area (Å²) < 4.78 is 12.4. The number of rotatable bonds is 12. The molecule has 1 aromatic heterocycles. The van der Waals surface area contributed by atoms with Crippen molar-refractivity contribution in [1.29, 1.82) is 0 Å². The predicted molar refractivity (Wildman–Crippen MR) is 105 cm³/mol. The van der Waals surface area contributed by atoms with Gasteiger partial charge in [0.05, 0.1) is 0 Å². The lowest BCUT2D eigenvalue weighted by molar-refractivity contribution is -0.765. The lowest BCUT2D eigenvalue weighted by Crippen LogP contribution is -2.46. The molecule has 0 bridgehead atoms. The maximum atomic E-state index is 11.9. The predicted octanol–water partition coefficient (Wildman–Crippen LogP) is 1.38. The first-order valence-electron chi connectivity index (χ1n) is 10.4. The molecule has 1 fully saturated rings. The molecule has 0 spiro atoms. The van der Waals surface area contributed by atoms with E-state index in [2.05, 4.69) is 6.92 Å². The van der Waals surface area contributed by atoms with Gasteiger partial charge >= 0.3 is 5.97 Å². The van der Waals surface area contributed by atoms with Crippen LogP contribution >= 0.6 is 0 Å². The van der Waals surface area contributed by atoms with Gasteiger partial charge in [-0.15, -0.1) is 0 Å². The highest BCUT2D eigenvalue weighted by Gasteiger charge is 2.48. The number of amides is 1. The van der Waals surface area contributed by atoms with Gasteiger partial charge in [0.2, 0.25) is 0 Å². The van der Waals surface area contributed by atoms with E-state index in [9.17, 15) is 19.8 Å². The van der Waals surface area contributed by atoms with Crippen molar-refractivity contribution in [2.45, 2.75) is 82.8 Å². The molecule has 1 aromatic rings. The first kappa shape index (κ1) is 23.3. The molecule has 4 atom stereocenters. The Morgan fingerprint density at radius 3 is 2.52 bits per heavy atom. The molecule has 8 nitrogen and oxygen atoms in total. The molecule has 4 N–H and O–H groups in total. The number of primary amides is 1. The summed E-state index contributed by atoms with van der Waals surface area (Å²) in [7, 11) is 0. The van der Waals surface area contributed by atoms with Gasteiger partial charge in [0.1, 0.15) is 24.4 Å². The molecule has 1 aliphatic rings. The Balaban J connectivity index is 1.75. The molecule has 29 heavy (non-hydrogen) atoms. The summed E-state index contributed by atoms with van der Waals surface area (Å²) in [5.74, 6) is -0.945. The fraction of sp³-hybridized carbons (Fsp3) is 0.667. The monoisotopic (exact) mass is 409 g/mol. The molecule has 0 radical (unpaired) electrons. The molecule has 1 aliphatic heterocycles. The van der Waals surface area contributed by atoms with Crippen LogP contribution in [0.1, 0.15) is 74.9 Å². The van der Waals surface area contributed by atoms with Crippen LogP contribution in [0.25, 0.3) is 0 Å². The quantitative estimate of drug-likeness (QED) is 0.272. The van der Waals surface area contributed by atoms with Crippen LogP contribution in [0.5, 0.6) is 0 Å². The fourth-order valence-electron chi connectivity index (χ4n) is 3.38. The maximum Gasteiger partial charge on any atom is 0.305 e. The highest BCUT2D eigenvalue weighted by Crippen LogP contribution is 2.26. The number of hydrogen-bond donors (Lipinski definition) is 3. The number of nitrogens with zero attached hydrogens (tertiary/aromatic N) is 1. The molecule has 0 saturated carbocycles. The number of nitrogens with two attached hydrogens (primary N) is 1. The zero-order valence-electron chi connectivity index (χ0n) is 17.0. The highest BCUT2D eigenvalue weighted by atomic mass is 16.6. The smallest absolute Gasteiger partial charge is 0.305 e. The minimum absolute atomic E-state index is 0.139. The molecule has 0 aliphatic carbocycles. The SMILES string of the molecule is CCCCCCCCCC(=O)OCC1O[C@@H]([n+]2cccc(C(N)=O)c2)[C@H](O)[C@@H]1O. The fourth-order valence-corrected chi connectivity index (χ4v) is 3.38. The Kier molecular flexibility index (Phi) is 9.50. The lowest BCUT2D eigenvalue weighted by atomic mass is 10.1. The van der Waals surface area contributed by atoms with E-state index < -0.39 is 30.4 Å². The van der Waals surface area contributed by atoms with Crippen LogP contribution in [0.4, 0.5) is 0 Å². The molecular weight excluding hydrogens is 376 g/mol. The van der Waals surface area contributed by atoms with Gasteiger partial charge in [0.25, 0.3) is 12.1 Å². The second-order valence-corrected chi connectivity index (χ2v) is 7.50. The summed E-state index contributed by atoms with van der Waals surface area (Å²) >= 11 is 0. The normalized spacial score (nSPS) is 23.8. The average Bonchev–Trinajstić information content (AvgIpc) is 3.00. The Hall–Kier alpha value is -2.03. The topological polar surface area (TPSA) is 123 Å². The Labute approximate surface area is 171 Å². The van der Waals surface area contributed by atoms with Crippen molar-refractivity contribution in [3.8, 4) is 0 Å². The minimum Gasteiger partial charge on any atom is -0.463 e. The summed E-state index contributed by atoms with van der Waals surface area (Å²) in [5.41, 5.74) is 5.52. The van der Waals surface area contributed by atoms with Gasteiger partial charge in [0.15, 0.2) is 18.5 Å². The number of unbranched alkanes of at least 4 members (excludes halogenated alkanes) is 6. The van der Waals surface area contributed by atoms with Crippen molar-refractivity contribution in [1.82, 2.24) is 0 Å². The first-order valence-corrected chi connectivity index (χ1v) is 10.4. The summed E-state index contributed by atoms with van der Waals surface area (Å²) in [6.07, 6.45) is 6.97. The molecule has 1 amide bonds. The molecule has 1 unspecified atom stereocenters. The molecule has 2 heterocycles. The van der Waals surface area contributed by atoms with Gasteiger partial charge in [-0.05, 0) is 12.5 Å². The summed E-state index contributed by atoms with van der Waals surface area (Å²) in [6.45, 7) is 2.04. The van der Waals surface area contributed by atoms with E-state index >= 15 is 0 Å². The molecular formula is C21H33N2O6+. The molecule has 0 aromatic carbocycles. The number of aliphatic hydroxyl groups excluding tert-OH is 2. The number of pyridine rings is 1. The second kappa shape index (κ2) is 11.8. The van der Waals surface area contributed by atoms with E-state index in [0.717, 1.165) is 19.3 Å². The van der Waals surface area contributed by atoms with E-state index in [4.69, 9.17) is 15.2 Å². The van der Waals surface area contributed by atoms with E-state index in [1.54, 1.807) is 18.3 Å².